The number of carbonyl (C=O) groups excluding carboxylic acids is 1. The van der Waals surface area contributed by atoms with Crippen molar-refractivity contribution in [3.63, 3.8) is 0 Å². The van der Waals surface area contributed by atoms with Gasteiger partial charge in [-0.3, -0.25) is 4.79 Å². The first-order valence-electron chi connectivity index (χ1n) is 9.77. The molecular formula is C23H23N3O2S. The van der Waals surface area contributed by atoms with Crippen LogP contribution in [0.25, 0.3) is 20.3 Å². The maximum absolute atomic E-state index is 11.3. The van der Waals surface area contributed by atoms with Gasteiger partial charge in [0, 0.05) is 29.5 Å². The van der Waals surface area contributed by atoms with Crippen LogP contribution < -0.4 is 5.32 Å². The third-order valence-electron chi connectivity index (χ3n) is 4.85. The van der Waals surface area contributed by atoms with Crippen molar-refractivity contribution in [3.8, 4) is 0 Å². The van der Waals surface area contributed by atoms with Gasteiger partial charge >= 0.3 is 5.97 Å². The Balaban J connectivity index is 1.61. The lowest BCUT2D eigenvalue weighted by molar-refractivity contribution is -0.140. The third-order valence-corrected chi connectivity index (χ3v) is 5.91. The molecule has 4 rings (SSSR count). The van der Waals surface area contributed by atoms with Crippen LogP contribution in [-0.4, -0.2) is 23.0 Å². The minimum absolute atomic E-state index is 0.170. The molecule has 2 aromatic heterocycles. The van der Waals surface area contributed by atoms with E-state index in [2.05, 4.69) is 41.7 Å². The quantitative estimate of drug-likeness (QED) is 0.316. The fraction of sp³-hybridized carbons (Fsp3) is 0.261. The molecule has 0 radical (unpaired) electrons. The molecule has 5 nitrogen and oxygen atoms in total. The standard InChI is InChI=1S/C23H23N3O2S/c1-28-20(27)14-8-7-13-19-25-22(24-15-16-9-3-2-4-10-16)21-17-11-5-6-12-18(17)29-23(21)26-19/h2-6,9-12H,7-8,13-15H2,1H3,(H,24,25,26). The number of rotatable bonds is 8. The first-order chi connectivity index (χ1) is 14.2. The Labute approximate surface area is 173 Å². The molecule has 0 atom stereocenters. The van der Waals surface area contributed by atoms with Crippen molar-refractivity contribution >= 4 is 43.4 Å². The SMILES string of the molecule is COC(=O)CCCCc1nc(NCc2ccccc2)c2c(n1)sc1ccccc12. The van der Waals surface area contributed by atoms with E-state index >= 15 is 0 Å². The summed E-state index contributed by atoms with van der Waals surface area (Å²) in [6, 6.07) is 18.7. The van der Waals surface area contributed by atoms with E-state index in [4.69, 9.17) is 14.7 Å². The highest BCUT2D eigenvalue weighted by Crippen LogP contribution is 2.36. The van der Waals surface area contributed by atoms with Gasteiger partial charge in [-0.25, -0.2) is 9.97 Å². The zero-order valence-corrected chi connectivity index (χ0v) is 17.2. The number of aromatic nitrogens is 2. The molecular weight excluding hydrogens is 382 g/mol. The molecule has 0 fully saturated rings. The second kappa shape index (κ2) is 9.01. The lowest BCUT2D eigenvalue weighted by Crippen LogP contribution is -2.05. The summed E-state index contributed by atoms with van der Waals surface area (Å²) in [6.45, 7) is 0.707. The van der Waals surface area contributed by atoms with E-state index in [0.717, 1.165) is 41.1 Å². The van der Waals surface area contributed by atoms with Gasteiger partial charge in [0.25, 0.3) is 0 Å². The van der Waals surface area contributed by atoms with Crippen LogP contribution in [0.15, 0.2) is 54.6 Å². The average Bonchev–Trinajstić information content (AvgIpc) is 3.14. The van der Waals surface area contributed by atoms with E-state index in [0.29, 0.717) is 13.0 Å². The molecule has 0 saturated heterocycles. The number of thiophene rings is 1. The largest absolute Gasteiger partial charge is 0.469 e. The molecule has 148 valence electrons. The lowest BCUT2D eigenvalue weighted by Gasteiger charge is -2.10. The number of aryl methyl sites for hydroxylation is 1. The molecule has 1 N–H and O–H groups in total. The number of nitrogens with zero attached hydrogens (tertiary/aromatic N) is 2. The van der Waals surface area contributed by atoms with Crippen molar-refractivity contribution in [3.05, 3.63) is 66.0 Å². The molecule has 4 aromatic rings. The number of ether oxygens (including phenoxy) is 1. The Hall–Kier alpha value is -2.99. The Morgan fingerprint density at radius 3 is 2.66 bits per heavy atom. The van der Waals surface area contributed by atoms with Crippen LogP contribution in [0.4, 0.5) is 5.82 Å². The predicted molar refractivity (Wildman–Crippen MR) is 118 cm³/mol. The molecule has 0 unspecified atom stereocenters. The monoisotopic (exact) mass is 405 g/mol. The molecule has 0 spiro atoms. The van der Waals surface area contributed by atoms with E-state index in [-0.39, 0.29) is 5.97 Å². The zero-order valence-electron chi connectivity index (χ0n) is 16.4. The van der Waals surface area contributed by atoms with Gasteiger partial charge in [0.15, 0.2) is 0 Å². The number of methoxy groups -OCH3 is 1. The molecule has 2 heterocycles. The highest BCUT2D eigenvalue weighted by molar-refractivity contribution is 7.25. The van der Waals surface area contributed by atoms with Gasteiger partial charge in [0.2, 0.25) is 0 Å². The molecule has 0 bridgehead atoms. The fourth-order valence-corrected chi connectivity index (χ4v) is 4.44. The number of fused-ring (bicyclic) bond motifs is 3. The van der Waals surface area contributed by atoms with Crippen molar-refractivity contribution in [2.45, 2.75) is 32.2 Å². The van der Waals surface area contributed by atoms with Crippen molar-refractivity contribution in [1.29, 1.82) is 0 Å². The first-order valence-corrected chi connectivity index (χ1v) is 10.6. The van der Waals surface area contributed by atoms with Gasteiger partial charge < -0.3 is 10.1 Å². The molecule has 0 amide bonds. The van der Waals surface area contributed by atoms with E-state index < -0.39 is 0 Å². The summed E-state index contributed by atoms with van der Waals surface area (Å²) in [7, 11) is 1.42. The minimum atomic E-state index is -0.170. The summed E-state index contributed by atoms with van der Waals surface area (Å²) in [5, 5.41) is 5.79. The van der Waals surface area contributed by atoms with Crippen molar-refractivity contribution in [2.75, 3.05) is 12.4 Å². The van der Waals surface area contributed by atoms with Crippen LogP contribution in [0.1, 0.15) is 30.7 Å². The zero-order chi connectivity index (χ0) is 20.1. The van der Waals surface area contributed by atoms with Crippen LogP contribution >= 0.6 is 11.3 Å². The Kier molecular flexibility index (Phi) is 6.00. The van der Waals surface area contributed by atoms with Gasteiger partial charge in [-0.05, 0) is 24.5 Å². The number of esters is 1. The number of benzene rings is 2. The number of carbonyl (C=O) groups is 1. The number of nitrogens with one attached hydrogen (secondary N) is 1. The lowest BCUT2D eigenvalue weighted by atomic mass is 10.1. The normalized spacial score (nSPS) is 11.1. The van der Waals surface area contributed by atoms with E-state index in [1.165, 1.54) is 22.8 Å². The fourth-order valence-electron chi connectivity index (χ4n) is 3.34. The number of unbranched alkanes of at least 4 members (excludes halogenated alkanes) is 1. The van der Waals surface area contributed by atoms with Crippen LogP contribution in [0.3, 0.4) is 0 Å². The number of hydrogen-bond acceptors (Lipinski definition) is 6. The Bertz CT molecular complexity index is 1130. The minimum Gasteiger partial charge on any atom is -0.469 e. The average molecular weight is 406 g/mol. The van der Waals surface area contributed by atoms with Gasteiger partial charge in [-0.15, -0.1) is 11.3 Å². The van der Waals surface area contributed by atoms with Gasteiger partial charge in [-0.2, -0.15) is 0 Å². The second-order valence-corrected chi connectivity index (χ2v) is 7.92. The summed E-state index contributed by atoms with van der Waals surface area (Å²) in [5.41, 5.74) is 1.21. The molecule has 29 heavy (non-hydrogen) atoms. The molecule has 0 aliphatic heterocycles. The van der Waals surface area contributed by atoms with Crippen LogP contribution in [-0.2, 0) is 22.5 Å². The van der Waals surface area contributed by atoms with Crippen LogP contribution in [0, 0.1) is 0 Å². The molecule has 6 heteroatoms. The molecule has 0 aliphatic carbocycles. The summed E-state index contributed by atoms with van der Waals surface area (Å²) in [6.07, 6.45) is 2.79. The molecule has 0 aliphatic rings. The first kappa shape index (κ1) is 19.3. The topological polar surface area (TPSA) is 64.1 Å². The van der Waals surface area contributed by atoms with Crippen LogP contribution in [0.2, 0.25) is 0 Å². The highest BCUT2D eigenvalue weighted by Gasteiger charge is 2.14. The Morgan fingerprint density at radius 2 is 1.83 bits per heavy atom. The Morgan fingerprint density at radius 1 is 1.03 bits per heavy atom. The van der Waals surface area contributed by atoms with Gasteiger partial charge in [0.05, 0.1) is 12.5 Å². The summed E-state index contributed by atoms with van der Waals surface area (Å²) in [4.78, 5) is 22.0. The maximum Gasteiger partial charge on any atom is 0.305 e. The van der Waals surface area contributed by atoms with Crippen molar-refractivity contribution < 1.29 is 9.53 Å². The van der Waals surface area contributed by atoms with Gasteiger partial charge in [-0.1, -0.05) is 48.5 Å². The van der Waals surface area contributed by atoms with E-state index in [1.54, 1.807) is 11.3 Å². The highest BCUT2D eigenvalue weighted by atomic mass is 32.1. The summed E-state index contributed by atoms with van der Waals surface area (Å²) >= 11 is 1.69. The van der Waals surface area contributed by atoms with Crippen LogP contribution in [0.5, 0.6) is 0 Å². The van der Waals surface area contributed by atoms with E-state index in [9.17, 15) is 4.79 Å². The molecule has 2 aromatic carbocycles. The summed E-state index contributed by atoms with van der Waals surface area (Å²) in [5.74, 6) is 1.51. The van der Waals surface area contributed by atoms with Gasteiger partial charge in [0.1, 0.15) is 16.5 Å². The van der Waals surface area contributed by atoms with Crippen molar-refractivity contribution in [2.24, 2.45) is 0 Å². The second-order valence-electron chi connectivity index (χ2n) is 6.89. The summed E-state index contributed by atoms with van der Waals surface area (Å²) < 4.78 is 5.92. The molecule has 0 saturated carbocycles. The predicted octanol–water partition coefficient (Wildman–Crippen LogP) is 5.34. The third kappa shape index (κ3) is 4.54. The number of hydrogen-bond donors (Lipinski definition) is 1. The van der Waals surface area contributed by atoms with E-state index in [1.807, 2.05) is 18.2 Å². The smallest absolute Gasteiger partial charge is 0.305 e. The number of anilines is 1. The maximum atomic E-state index is 11.3. The van der Waals surface area contributed by atoms with Crippen molar-refractivity contribution in [1.82, 2.24) is 9.97 Å².